The summed E-state index contributed by atoms with van der Waals surface area (Å²) in [5, 5.41) is -0.305. The summed E-state index contributed by atoms with van der Waals surface area (Å²) in [5.74, 6) is -0.656. The first-order valence-electron chi connectivity index (χ1n) is 7.51. The predicted octanol–water partition coefficient (Wildman–Crippen LogP) is 4.68. The quantitative estimate of drug-likeness (QED) is 0.761. The minimum Gasteiger partial charge on any atom is -0.268 e. The zero-order valence-corrected chi connectivity index (χ0v) is 14.2. The van der Waals surface area contributed by atoms with E-state index < -0.39 is 0 Å². The Labute approximate surface area is 144 Å². The lowest BCUT2D eigenvalue weighted by Crippen LogP contribution is -2.27. The molecule has 24 heavy (non-hydrogen) atoms. The fourth-order valence-electron chi connectivity index (χ4n) is 2.54. The van der Waals surface area contributed by atoms with Crippen LogP contribution >= 0.6 is 11.8 Å². The molecule has 122 valence electrons. The van der Waals surface area contributed by atoms with E-state index in [2.05, 4.69) is 0 Å². The van der Waals surface area contributed by atoms with Gasteiger partial charge >= 0.3 is 0 Å². The highest BCUT2D eigenvalue weighted by atomic mass is 32.2. The minimum atomic E-state index is -0.345. The number of benzene rings is 2. The van der Waals surface area contributed by atoms with Crippen LogP contribution in [0.5, 0.6) is 0 Å². The van der Waals surface area contributed by atoms with Crippen molar-refractivity contribution in [3.8, 4) is 0 Å². The second-order valence-corrected chi connectivity index (χ2v) is 6.75. The molecule has 1 fully saturated rings. The van der Waals surface area contributed by atoms with Gasteiger partial charge in [0.05, 0.1) is 11.4 Å². The van der Waals surface area contributed by atoms with Crippen molar-refractivity contribution >= 4 is 29.0 Å². The zero-order chi connectivity index (χ0) is 17.3. The summed E-state index contributed by atoms with van der Waals surface area (Å²) in [6.07, 6.45) is 1.75. The molecule has 0 aromatic heterocycles. The van der Waals surface area contributed by atoms with Crippen molar-refractivity contribution in [1.82, 2.24) is 4.90 Å². The first-order chi connectivity index (χ1) is 11.4. The van der Waals surface area contributed by atoms with Gasteiger partial charge in [-0.2, -0.15) is 0 Å². The van der Waals surface area contributed by atoms with Gasteiger partial charge in [0, 0.05) is 0 Å². The van der Waals surface area contributed by atoms with Gasteiger partial charge in [0.25, 0.3) is 11.1 Å². The van der Waals surface area contributed by atoms with Crippen LogP contribution in [0.3, 0.4) is 0 Å². The van der Waals surface area contributed by atoms with E-state index in [-0.39, 0.29) is 23.5 Å². The van der Waals surface area contributed by atoms with E-state index >= 15 is 0 Å². The molecule has 2 aromatic carbocycles. The SMILES string of the molecule is Cc1ccc(/C=C2/SC(=O)N(Cc3ccc(F)cc3)C2=O)c(C)c1. The fraction of sp³-hybridized carbons (Fsp3) is 0.158. The number of hydrogen-bond donors (Lipinski definition) is 0. The number of carbonyl (C=O) groups excluding carboxylic acids is 2. The van der Waals surface area contributed by atoms with Crippen LogP contribution < -0.4 is 0 Å². The molecule has 3 rings (SSSR count). The van der Waals surface area contributed by atoms with Gasteiger partial charge in [0.1, 0.15) is 5.82 Å². The van der Waals surface area contributed by atoms with Gasteiger partial charge in [-0.05, 0) is 60.5 Å². The topological polar surface area (TPSA) is 37.4 Å². The largest absolute Gasteiger partial charge is 0.293 e. The molecule has 1 aliphatic rings. The number of amides is 2. The van der Waals surface area contributed by atoms with Crippen LogP contribution in [0.2, 0.25) is 0 Å². The smallest absolute Gasteiger partial charge is 0.268 e. The van der Waals surface area contributed by atoms with Crippen molar-refractivity contribution in [2.24, 2.45) is 0 Å². The van der Waals surface area contributed by atoms with Gasteiger partial charge in [-0.15, -0.1) is 0 Å². The molecule has 3 nitrogen and oxygen atoms in total. The summed E-state index contributed by atoms with van der Waals surface area (Å²) in [7, 11) is 0. The van der Waals surface area contributed by atoms with Gasteiger partial charge in [-0.3, -0.25) is 14.5 Å². The Kier molecular flexibility index (Phi) is 4.53. The number of imide groups is 1. The van der Waals surface area contributed by atoms with Crippen LogP contribution in [0.1, 0.15) is 22.3 Å². The fourth-order valence-corrected chi connectivity index (χ4v) is 3.37. The Hall–Kier alpha value is -2.40. The van der Waals surface area contributed by atoms with Gasteiger partial charge in [0.2, 0.25) is 0 Å². The highest BCUT2D eigenvalue weighted by Crippen LogP contribution is 2.33. The molecule has 0 bridgehead atoms. The van der Waals surface area contributed by atoms with Crippen molar-refractivity contribution < 1.29 is 14.0 Å². The Morgan fingerprint density at radius 1 is 1.08 bits per heavy atom. The second kappa shape index (κ2) is 6.61. The Bertz CT molecular complexity index is 843. The first kappa shape index (κ1) is 16.5. The molecule has 0 atom stereocenters. The summed E-state index contributed by atoms with van der Waals surface area (Å²) in [6, 6.07) is 11.7. The van der Waals surface area contributed by atoms with Gasteiger partial charge < -0.3 is 0 Å². The van der Waals surface area contributed by atoms with Crippen LogP contribution in [0.15, 0.2) is 47.4 Å². The molecule has 2 aromatic rings. The Balaban J connectivity index is 1.83. The van der Waals surface area contributed by atoms with Crippen molar-refractivity contribution in [2.75, 3.05) is 0 Å². The molecule has 0 N–H and O–H groups in total. The number of aryl methyl sites for hydroxylation is 2. The molecule has 0 spiro atoms. The highest BCUT2D eigenvalue weighted by Gasteiger charge is 2.35. The van der Waals surface area contributed by atoms with E-state index in [0.717, 1.165) is 28.5 Å². The van der Waals surface area contributed by atoms with E-state index in [1.807, 2.05) is 32.0 Å². The number of nitrogens with zero attached hydrogens (tertiary/aromatic N) is 1. The molecule has 2 amide bonds. The Morgan fingerprint density at radius 2 is 1.79 bits per heavy atom. The molecule has 0 aliphatic carbocycles. The molecule has 1 aliphatic heterocycles. The van der Waals surface area contributed by atoms with E-state index in [0.29, 0.717) is 10.5 Å². The summed E-state index contributed by atoms with van der Waals surface area (Å²) >= 11 is 0.936. The van der Waals surface area contributed by atoms with Crippen LogP contribution in [-0.4, -0.2) is 16.0 Å². The van der Waals surface area contributed by atoms with Crippen molar-refractivity contribution in [3.05, 3.63) is 75.4 Å². The van der Waals surface area contributed by atoms with Crippen molar-refractivity contribution in [3.63, 3.8) is 0 Å². The summed E-state index contributed by atoms with van der Waals surface area (Å²) in [5.41, 5.74) is 3.84. The molecule has 0 saturated carbocycles. The van der Waals surface area contributed by atoms with Crippen molar-refractivity contribution in [1.29, 1.82) is 0 Å². The average Bonchev–Trinajstić information content (AvgIpc) is 2.80. The minimum absolute atomic E-state index is 0.148. The number of thioether (sulfide) groups is 1. The maximum Gasteiger partial charge on any atom is 0.293 e. The number of halogens is 1. The number of hydrogen-bond acceptors (Lipinski definition) is 3. The summed E-state index contributed by atoms with van der Waals surface area (Å²) in [6.45, 7) is 4.13. The second-order valence-electron chi connectivity index (χ2n) is 5.75. The van der Waals surface area contributed by atoms with E-state index in [1.54, 1.807) is 18.2 Å². The molecule has 5 heteroatoms. The van der Waals surface area contributed by atoms with Crippen LogP contribution in [0, 0.1) is 19.7 Å². The molecule has 1 saturated heterocycles. The summed E-state index contributed by atoms with van der Waals surface area (Å²) in [4.78, 5) is 26.3. The first-order valence-corrected chi connectivity index (χ1v) is 8.33. The maximum atomic E-state index is 13.0. The number of carbonyl (C=O) groups is 2. The third-order valence-electron chi connectivity index (χ3n) is 3.84. The lowest BCUT2D eigenvalue weighted by molar-refractivity contribution is -0.123. The summed E-state index contributed by atoms with van der Waals surface area (Å²) < 4.78 is 13.0. The van der Waals surface area contributed by atoms with Crippen LogP contribution in [-0.2, 0) is 11.3 Å². The average molecular weight is 341 g/mol. The molecule has 1 heterocycles. The van der Waals surface area contributed by atoms with Gasteiger partial charge in [-0.1, -0.05) is 35.9 Å². The molecule has 0 unspecified atom stereocenters. The normalized spacial score (nSPS) is 16.3. The molecular formula is C19H16FNO2S. The van der Waals surface area contributed by atoms with Crippen LogP contribution in [0.4, 0.5) is 9.18 Å². The highest BCUT2D eigenvalue weighted by molar-refractivity contribution is 8.18. The third kappa shape index (κ3) is 3.41. The van der Waals surface area contributed by atoms with E-state index in [9.17, 15) is 14.0 Å². The lowest BCUT2D eigenvalue weighted by Gasteiger charge is -2.12. The van der Waals surface area contributed by atoms with Crippen LogP contribution in [0.25, 0.3) is 6.08 Å². The van der Waals surface area contributed by atoms with E-state index in [4.69, 9.17) is 0 Å². The lowest BCUT2D eigenvalue weighted by atomic mass is 10.1. The third-order valence-corrected chi connectivity index (χ3v) is 4.75. The Morgan fingerprint density at radius 3 is 2.46 bits per heavy atom. The number of rotatable bonds is 3. The zero-order valence-electron chi connectivity index (χ0n) is 13.4. The van der Waals surface area contributed by atoms with Crippen molar-refractivity contribution in [2.45, 2.75) is 20.4 Å². The standard InChI is InChI=1S/C19H16FNO2S/c1-12-3-6-15(13(2)9-12)10-17-18(22)21(19(23)24-17)11-14-4-7-16(20)8-5-14/h3-10H,11H2,1-2H3/b17-10+. The van der Waals surface area contributed by atoms with Gasteiger partial charge in [0.15, 0.2) is 0 Å². The monoisotopic (exact) mass is 341 g/mol. The molecule has 0 radical (unpaired) electrons. The maximum absolute atomic E-state index is 13.0. The van der Waals surface area contributed by atoms with E-state index in [1.165, 1.54) is 17.0 Å². The molecular weight excluding hydrogens is 325 g/mol. The van der Waals surface area contributed by atoms with Gasteiger partial charge in [-0.25, -0.2) is 4.39 Å². The predicted molar refractivity (Wildman–Crippen MR) is 93.8 cm³/mol.